The lowest BCUT2D eigenvalue weighted by molar-refractivity contribution is -0.0149. The third kappa shape index (κ3) is 8.34. The molecule has 7 heteroatoms. The summed E-state index contributed by atoms with van der Waals surface area (Å²) >= 11 is 0. The second-order valence-corrected chi connectivity index (χ2v) is 7.74. The van der Waals surface area contributed by atoms with Crippen LogP contribution in [0.5, 0.6) is 0 Å². The van der Waals surface area contributed by atoms with E-state index < -0.39 is 0 Å². The van der Waals surface area contributed by atoms with Gasteiger partial charge in [0.25, 0.3) is 0 Å². The zero-order chi connectivity index (χ0) is 20.6. The molecule has 1 aromatic carbocycles. The van der Waals surface area contributed by atoms with E-state index in [-0.39, 0.29) is 29.6 Å². The first-order chi connectivity index (χ1) is 13.4. The lowest BCUT2D eigenvalue weighted by atomic mass is 10.1. The topological polar surface area (TPSA) is 71.7 Å². The van der Waals surface area contributed by atoms with Crippen LogP contribution in [0.1, 0.15) is 62.8 Å². The van der Waals surface area contributed by atoms with Gasteiger partial charge < -0.3 is 19.9 Å². The summed E-state index contributed by atoms with van der Waals surface area (Å²) in [5, 5.41) is 10.9. The third-order valence-corrected chi connectivity index (χ3v) is 4.39. The number of benzene rings is 1. The van der Waals surface area contributed by atoms with E-state index >= 15 is 0 Å². The number of aromatic nitrogens is 1. The van der Waals surface area contributed by atoms with Crippen molar-refractivity contribution < 1.29 is 9.26 Å². The molecule has 0 atom stereocenters. The van der Waals surface area contributed by atoms with Crippen molar-refractivity contribution in [2.24, 2.45) is 4.99 Å². The van der Waals surface area contributed by atoms with Crippen LogP contribution in [0.3, 0.4) is 0 Å². The first-order valence-electron chi connectivity index (χ1n) is 9.98. The van der Waals surface area contributed by atoms with Gasteiger partial charge >= 0.3 is 0 Å². The fraction of sp³-hybridized carbons (Fsp3) is 0.545. The molecule has 2 rings (SSSR count). The van der Waals surface area contributed by atoms with E-state index in [9.17, 15) is 0 Å². The molecule has 2 aromatic rings. The SMILES string of the molecule is CCc1noc(CC)c1CNC(=NC)NCc1cccc(COC(C)(C)C)c1.I. The van der Waals surface area contributed by atoms with Gasteiger partial charge in [0.15, 0.2) is 5.96 Å². The second-order valence-electron chi connectivity index (χ2n) is 7.74. The molecule has 0 aliphatic rings. The van der Waals surface area contributed by atoms with Crippen molar-refractivity contribution in [3.63, 3.8) is 0 Å². The molecule has 29 heavy (non-hydrogen) atoms. The Balaban J connectivity index is 0.00000420. The Bertz CT molecular complexity index is 760. The van der Waals surface area contributed by atoms with E-state index in [0.29, 0.717) is 19.7 Å². The number of nitrogens with zero attached hydrogens (tertiary/aromatic N) is 2. The molecule has 0 spiro atoms. The number of guanidine groups is 1. The van der Waals surface area contributed by atoms with Crippen molar-refractivity contribution in [2.45, 2.75) is 72.8 Å². The van der Waals surface area contributed by atoms with E-state index in [2.05, 4.69) is 79.7 Å². The third-order valence-electron chi connectivity index (χ3n) is 4.39. The molecule has 0 bridgehead atoms. The van der Waals surface area contributed by atoms with Gasteiger partial charge in [0.05, 0.1) is 17.9 Å². The van der Waals surface area contributed by atoms with Crippen LogP contribution >= 0.6 is 24.0 Å². The molecule has 162 valence electrons. The summed E-state index contributed by atoms with van der Waals surface area (Å²) in [5.41, 5.74) is 4.35. The predicted molar refractivity (Wildman–Crippen MR) is 129 cm³/mol. The number of aryl methyl sites for hydroxylation is 2. The Morgan fingerprint density at radius 1 is 1.10 bits per heavy atom. The Morgan fingerprint density at radius 2 is 1.79 bits per heavy atom. The maximum atomic E-state index is 5.87. The molecule has 0 aliphatic heterocycles. The molecule has 0 saturated carbocycles. The molecule has 6 nitrogen and oxygen atoms in total. The van der Waals surface area contributed by atoms with Gasteiger partial charge in [0, 0.05) is 32.1 Å². The summed E-state index contributed by atoms with van der Waals surface area (Å²) < 4.78 is 11.3. The Labute approximate surface area is 191 Å². The predicted octanol–water partition coefficient (Wildman–Crippen LogP) is 4.60. The molecule has 0 amide bonds. The highest BCUT2D eigenvalue weighted by Crippen LogP contribution is 2.15. The normalized spacial score (nSPS) is 11.9. The number of rotatable bonds is 8. The summed E-state index contributed by atoms with van der Waals surface area (Å²) in [6.45, 7) is 12.3. The molecule has 0 saturated heterocycles. The number of aliphatic imine (C=N–C) groups is 1. The highest BCUT2D eigenvalue weighted by Gasteiger charge is 2.14. The summed E-state index contributed by atoms with van der Waals surface area (Å²) in [6, 6.07) is 8.42. The summed E-state index contributed by atoms with van der Waals surface area (Å²) in [6.07, 6.45) is 1.69. The number of hydrogen-bond donors (Lipinski definition) is 2. The molecule has 2 N–H and O–H groups in total. The molecule has 0 radical (unpaired) electrons. The molecule has 0 unspecified atom stereocenters. The molecule has 0 aliphatic carbocycles. The van der Waals surface area contributed by atoms with Crippen LogP contribution in [0.15, 0.2) is 33.8 Å². The minimum Gasteiger partial charge on any atom is -0.371 e. The van der Waals surface area contributed by atoms with Crippen molar-refractivity contribution in [1.82, 2.24) is 15.8 Å². The zero-order valence-corrected chi connectivity index (χ0v) is 20.8. The lowest BCUT2D eigenvalue weighted by Crippen LogP contribution is -2.36. The van der Waals surface area contributed by atoms with Gasteiger partial charge in [0.1, 0.15) is 5.76 Å². The van der Waals surface area contributed by atoms with Crippen molar-refractivity contribution >= 4 is 29.9 Å². The van der Waals surface area contributed by atoms with Crippen LogP contribution in [0.25, 0.3) is 0 Å². The molecule has 1 aromatic heterocycles. The molecule has 0 fully saturated rings. The van der Waals surface area contributed by atoms with Crippen molar-refractivity contribution in [2.75, 3.05) is 7.05 Å². The Kier molecular flexibility index (Phi) is 10.7. The molecular formula is C22H35IN4O2. The fourth-order valence-electron chi connectivity index (χ4n) is 2.85. The van der Waals surface area contributed by atoms with Gasteiger partial charge in [-0.15, -0.1) is 24.0 Å². The summed E-state index contributed by atoms with van der Waals surface area (Å²) in [4.78, 5) is 4.32. The van der Waals surface area contributed by atoms with E-state index in [4.69, 9.17) is 9.26 Å². The van der Waals surface area contributed by atoms with E-state index in [1.807, 2.05) is 0 Å². The molecule has 1 heterocycles. The maximum Gasteiger partial charge on any atom is 0.191 e. The van der Waals surface area contributed by atoms with Gasteiger partial charge in [-0.25, -0.2) is 0 Å². The average Bonchev–Trinajstić information content (AvgIpc) is 3.08. The summed E-state index contributed by atoms with van der Waals surface area (Å²) in [7, 11) is 1.78. The molecular weight excluding hydrogens is 479 g/mol. The highest BCUT2D eigenvalue weighted by molar-refractivity contribution is 14.0. The number of halogens is 1. The Morgan fingerprint density at radius 3 is 2.41 bits per heavy atom. The van der Waals surface area contributed by atoms with Gasteiger partial charge in [-0.3, -0.25) is 4.99 Å². The van der Waals surface area contributed by atoms with Crippen molar-refractivity contribution in [3.05, 3.63) is 52.4 Å². The van der Waals surface area contributed by atoms with Crippen LogP contribution in [0.2, 0.25) is 0 Å². The van der Waals surface area contributed by atoms with Crippen molar-refractivity contribution in [3.8, 4) is 0 Å². The standard InChI is InChI=1S/C22H34N4O2.HI/c1-7-19-18(20(8-2)28-26-19)14-25-21(23-6)24-13-16-10-9-11-17(12-16)15-27-22(3,4)5;/h9-12H,7-8,13-15H2,1-6H3,(H2,23,24,25);1H. The number of nitrogens with one attached hydrogen (secondary N) is 2. The Hall–Kier alpha value is -1.61. The first kappa shape index (κ1) is 25.4. The second kappa shape index (κ2) is 12.2. The van der Waals surface area contributed by atoms with Crippen LogP contribution in [0, 0.1) is 0 Å². The van der Waals surface area contributed by atoms with E-state index in [0.717, 1.165) is 35.8 Å². The highest BCUT2D eigenvalue weighted by atomic mass is 127. The maximum absolute atomic E-state index is 5.87. The van der Waals surface area contributed by atoms with Gasteiger partial charge in [-0.05, 0) is 38.3 Å². The van der Waals surface area contributed by atoms with Crippen molar-refractivity contribution in [1.29, 1.82) is 0 Å². The number of ether oxygens (including phenoxy) is 1. The zero-order valence-electron chi connectivity index (χ0n) is 18.5. The lowest BCUT2D eigenvalue weighted by Gasteiger charge is -2.19. The monoisotopic (exact) mass is 514 g/mol. The largest absolute Gasteiger partial charge is 0.371 e. The van der Waals surface area contributed by atoms with E-state index in [1.54, 1.807) is 7.05 Å². The van der Waals surface area contributed by atoms with Crippen LogP contribution < -0.4 is 10.6 Å². The minimum atomic E-state index is -0.142. The minimum absolute atomic E-state index is 0. The quantitative estimate of drug-likeness (QED) is 0.306. The fourth-order valence-corrected chi connectivity index (χ4v) is 2.85. The van der Waals surface area contributed by atoms with Crippen LogP contribution in [-0.2, 0) is 37.3 Å². The van der Waals surface area contributed by atoms with Crippen LogP contribution in [-0.4, -0.2) is 23.8 Å². The first-order valence-corrected chi connectivity index (χ1v) is 9.98. The van der Waals surface area contributed by atoms with Gasteiger partial charge in [-0.2, -0.15) is 0 Å². The van der Waals surface area contributed by atoms with Gasteiger partial charge in [-0.1, -0.05) is 43.3 Å². The van der Waals surface area contributed by atoms with E-state index in [1.165, 1.54) is 11.1 Å². The average molecular weight is 514 g/mol. The van der Waals surface area contributed by atoms with Crippen LogP contribution in [0.4, 0.5) is 0 Å². The smallest absolute Gasteiger partial charge is 0.191 e. The number of hydrogen-bond acceptors (Lipinski definition) is 4. The summed E-state index contributed by atoms with van der Waals surface area (Å²) in [5.74, 6) is 1.69. The van der Waals surface area contributed by atoms with Gasteiger partial charge in [0.2, 0.25) is 0 Å².